The monoisotopic (exact) mass is 768 g/mol. The van der Waals surface area contributed by atoms with Gasteiger partial charge in [0, 0.05) is 48.5 Å². The number of hydrogen-bond donors (Lipinski definition) is 0. The average Bonchev–Trinajstić information content (AvgIpc) is 2.84. The van der Waals surface area contributed by atoms with Crippen LogP contribution in [-0.2, 0) is 25.8 Å². The summed E-state index contributed by atoms with van der Waals surface area (Å²) in [6.07, 6.45) is 0. The predicted octanol–water partition coefficient (Wildman–Crippen LogP) is 4.71. The first-order valence-electron chi connectivity index (χ1n) is 9.70. The van der Waals surface area contributed by atoms with Crippen molar-refractivity contribution < 1.29 is 99.0 Å². The zero-order valence-corrected chi connectivity index (χ0v) is 22.9. The van der Waals surface area contributed by atoms with Gasteiger partial charge >= 0.3 is 25.8 Å². The van der Waals surface area contributed by atoms with Crippen molar-refractivity contribution in [1.82, 2.24) is 0 Å². The Morgan fingerprint density at radius 2 is 0.366 bits per heavy atom. The molecular formula is C24H8F12HfO4. The van der Waals surface area contributed by atoms with E-state index < -0.39 is 92.8 Å². The molecule has 0 amide bonds. The second-order valence-electron chi connectivity index (χ2n) is 6.79. The van der Waals surface area contributed by atoms with Crippen molar-refractivity contribution in [1.29, 1.82) is 0 Å². The van der Waals surface area contributed by atoms with Crippen LogP contribution < -0.4 is 20.4 Å². The van der Waals surface area contributed by atoms with Gasteiger partial charge in [-0.1, -0.05) is 0 Å². The maximum absolute atomic E-state index is 12.0. The fourth-order valence-electron chi connectivity index (χ4n) is 2.12. The van der Waals surface area contributed by atoms with Gasteiger partial charge in [0.05, 0.1) is 0 Å². The zero-order valence-electron chi connectivity index (χ0n) is 19.3. The number of halogens is 12. The SMILES string of the molecule is [Hf+4].[O-]c1c(F)cc(F)cc1F.[O-]c1c(F)cc(F)cc1F.[O-]c1c(F)cc(F)cc1F.[O-]c1c(F)cc(F)cc1F. The third-order valence-corrected chi connectivity index (χ3v) is 3.85. The van der Waals surface area contributed by atoms with E-state index in [0.29, 0.717) is 48.5 Å². The molecule has 0 saturated carbocycles. The predicted molar refractivity (Wildman–Crippen MR) is 103 cm³/mol. The van der Waals surface area contributed by atoms with Gasteiger partial charge in [-0.15, -0.1) is 0 Å². The van der Waals surface area contributed by atoms with Crippen LogP contribution in [0.4, 0.5) is 52.7 Å². The van der Waals surface area contributed by atoms with Gasteiger partial charge < -0.3 is 20.4 Å². The fraction of sp³-hybridized carbons (Fsp3) is 0. The van der Waals surface area contributed by atoms with Crippen LogP contribution in [0.1, 0.15) is 0 Å². The van der Waals surface area contributed by atoms with Crippen molar-refractivity contribution in [2.24, 2.45) is 0 Å². The van der Waals surface area contributed by atoms with Crippen molar-refractivity contribution in [3.63, 3.8) is 0 Å². The van der Waals surface area contributed by atoms with E-state index in [2.05, 4.69) is 0 Å². The normalized spacial score (nSPS) is 9.66. The smallest absolute Gasteiger partial charge is 0.869 e. The van der Waals surface area contributed by atoms with E-state index in [9.17, 15) is 73.1 Å². The van der Waals surface area contributed by atoms with E-state index in [1.54, 1.807) is 0 Å². The molecule has 4 aromatic carbocycles. The first kappa shape index (κ1) is 37.1. The first-order chi connectivity index (χ1) is 18.4. The summed E-state index contributed by atoms with van der Waals surface area (Å²) in [5, 5.41) is 40.8. The van der Waals surface area contributed by atoms with Gasteiger partial charge in [-0.05, 0) is 23.0 Å². The van der Waals surface area contributed by atoms with Crippen LogP contribution in [0, 0.1) is 69.8 Å². The fourth-order valence-corrected chi connectivity index (χ4v) is 2.12. The number of hydrogen-bond acceptors (Lipinski definition) is 4. The molecule has 0 bridgehead atoms. The Morgan fingerprint density at radius 1 is 0.268 bits per heavy atom. The Balaban J connectivity index is 0.000000516. The Kier molecular flexibility index (Phi) is 14.8. The van der Waals surface area contributed by atoms with E-state index in [4.69, 9.17) is 0 Å². The van der Waals surface area contributed by atoms with Crippen molar-refractivity contribution in [3.8, 4) is 23.0 Å². The van der Waals surface area contributed by atoms with E-state index in [-0.39, 0.29) is 25.8 Å². The van der Waals surface area contributed by atoms with Gasteiger partial charge in [0.25, 0.3) is 0 Å². The van der Waals surface area contributed by atoms with Gasteiger partial charge in [0.15, 0.2) is 0 Å². The molecule has 216 valence electrons. The molecule has 0 aliphatic carbocycles. The molecule has 0 radical (unpaired) electrons. The Morgan fingerprint density at radius 3 is 0.463 bits per heavy atom. The van der Waals surface area contributed by atoms with Crippen LogP contribution in [0.2, 0.25) is 0 Å². The molecular weight excluding hydrogens is 759 g/mol. The molecule has 0 atom stereocenters. The summed E-state index contributed by atoms with van der Waals surface area (Å²) in [7, 11) is 0. The molecule has 0 fully saturated rings. The third kappa shape index (κ3) is 11.6. The van der Waals surface area contributed by atoms with Crippen LogP contribution in [0.15, 0.2) is 48.5 Å². The summed E-state index contributed by atoms with van der Waals surface area (Å²) in [5.74, 6) is -21.2. The first-order valence-corrected chi connectivity index (χ1v) is 9.70. The van der Waals surface area contributed by atoms with E-state index in [1.165, 1.54) is 0 Å². The van der Waals surface area contributed by atoms with E-state index >= 15 is 0 Å². The summed E-state index contributed by atoms with van der Waals surface area (Å²) in [5.41, 5.74) is 0. The molecule has 0 saturated heterocycles. The molecule has 0 aliphatic rings. The van der Waals surface area contributed by atoms with Crippen molar-refractivity contribution >= 4 is 0 Å². The second kappa shape index (κ2) is 16.4. The Hall–Kier alpha value is -3.89. The summed E-state index contributed by atoms with van der Waals surface area (Å²) in [6.45, 7) is 0. The Labute approximate surface area is 240 Å². The quantitative estimate of drug-likeness (QED) is 0.192. The molecule has 17 heteroatoms. The molecule has 0 aliphatic heterocycles. The van der Waals surface area contributed by atoms with Gasteiger partial charge in [0.2, 0.25) is 0 Å². The molecule has 0 N–H and O–H groups in total. The van der Waals surface area contributed by atoms with Crippen molar-refractivity contribution in [3.05, 3.63) is 118 Å². The Bertz CT molecular complexity index is 1170. The molecule has 0 aromatic heterocycles. The average molecular weight is 767 g/mol. The summed E-state index contributed by atoms with van der Waals surface area (Å²) in [4.78, 5) is 0. The van der Waals surface area contributed by atoms with Gasteiger partial charge in [-0.2, -0.15) is 0 Å². The largest absolute Gasteiger partial charge is 4.00 e. The second-order valence-corrected chi connectivity index (χ2v) is 6.79. The van der Waals surface area contributed by atoms with E-state index in [1.807, 2.05) is 0 Å². The standard InChI is InChI=1S/4C6H3F3O.Hf/c4*7-3-1-4(8)6(10)5(9)2-3;/h4*1-2,10H;/q;;;;+4/p-4. The van der Waals surface area contributed by atoms with Gasteiger partial charge in [0.1, 0.15) is 69.8 Å². The molecule has 4 rings (SSSR count). The third-order valence-electron chi connectivity index (χ3n) is 3.85. The van der Waals surface area contributed by atoms with Crippen molar-refractivity contribution in [2.75, 3.05) is 0 Å². The van der Waals surface area contributed by atoms with Crippen molar-refractivity contribution in [2.45, 2.75) is 0 Å². The topological polar surface area (TPSA) is 92.2 Å². The van der Waals surface area contributed by atoms with E-state index in [0.717, 1.165) is 0 Å². The van der Waals surface area contributed by atoms with Crippen LogP contribution >= 0.6 is 0 Å². The minimum atomic E-state index is -1.41. The molecule has 4 nitrogen and oxygen atoms in total. The molecule has 4 aromatic rings. The molecule has 0 spiro atoms. The van der Waals surface area contributed by atoms with Crippen LogP contribution in [0.3, 0.4) is 0 Å². The van der Waals surface area contributed by atoms with Crippen LogP contribution in [0.5, 0.6) is 23.0 Å². The maximum atomic E-state index is 12.0. The maximum Gasteiger partial charge on any atom is 4.00 e. The summed E-state index contributed by atoms with van der Waals surface area (Å²) in [6, 6.07) is 2.71. The van der Waals surface area contributed by atoms with Crippen LogP contribution in [-0.4, -0.2) is 0 Å². The summed E-state index contributed by atoms with van der Waals surface area (Å²) < 4.78 is 144. The van der Waals surface area contributed by atoms with Gasteiger partial charge in [-0.3, -0.25) is 0 Å². The summed E-state index contributed by atoms with van der Waals surface area (Å²) >= 11 is 0. The number of benzene rings is 4. The molecule has 0 unspecified atom stereocenters. The van der Waals surface area contributed by atoms with Crippen LogP contribution in [0.25, 0.3) is 0 Å². The van der Waals surface area contributed by atoms with Gasteiger partial charge in [-0.25, -0.2) is 52.7 Å². The molecule has 41 heavy (non-hydrogen) atoms. The zero-order chi connectivity index (χ0) is 30.9. The minimum absolute atomic E-state index is 0. The number of rotatable bonds is 0. The molecule has 0 heterocycles. The minimum Gasteiger partial charge on any atom is -0.869 e.